The lowest BCUT2D eigenvalue weighted by Crippen LogP contribution is -2.10. The van der Waals surface area contributed by atoms with Crippen molar-refractivity contribution in [2.75, 3.05) is 12.8 Å². The SMILES string of the molecule is COc1cccc(-c2cc(-c3nc4ccccc4c(=O)[nH]3)nc(N)n2)c1. The first kappa shape index (κ1) is 15.8. The first-order valence-electron chi connectivity index (χ1n) is 7.92. The van der Waals surface area contributed by atoms with Crippen LogP contribution in [0.1, 0.15) is 0 Å². The van der Waals surface area contributed by atoms with Crippen molar-refractivity contribution in [3.05, 3.63) is 65.0 Å². The number of nitrogens with one attached hydrogen (secondary N) is 1. The summed E-state index contributed by atoms with van der Waals surface area (Å²) in [6.45, 7) is 0. The van der Waals surface area contributed by atoms with Crippen LogP contribution in [0.15, 0.2) is 59.4 Å². The lowest BCUT2D eigenvalue weighted by atomic mass is 10.1. The normalized spacial score (nSPS) is 10.8. The van der Waals surface area contributed by atoms with Gasteiger partial charge in [-0.25, -0.2) is 15.0 Å². The first-order chi connectivity index (χ1) is 12.6. The van der Waals surface area contributed by atoms with E-state index in [0.29, 0.717) is 33.9 Å². The number of anilines is 1. The van der Waals surface area contributed by atoms with Gasteiger partial charge in [0.1, 0.15) is 11.4 Å². The molecule has 0 bridgehead atoms. The summed E-state index contributed by atoms with van der Waals surface area (Å²) >= 11 is 0. The monoisotopic (exact) mass is 345 g/mol. The standard InChI is InChI=1S/C19H15N5O2/c1-26-12-6-4-5-11(9-12)15-10-16(23-19(20)22-15)17-21-14-8-3-2-7-13(14)18(25)24-17/h2-10H,1H3,(H2,20,22,23)(H,21,24,25). The Hall–Kier alpha value is -3.74. The van der Waals surface area contributed by atoms with Crippen molar-refractivity contribution >= 4 is 16.9 Å². The Morgan fingerprint density at radius 2 is 1.77 bits per heavy atom. The van der Waals surface area contributed by atoms with E-state index in [2.05, 4.69) is 19.9 Å². The summed E-state index contributed by atoms with van der Waals surface area (Å²) in [5.74, 6) is 1.14. The molecule has 0 aliphatic carbocycles. The van der Waals surface area contributed by atoms with E-state index in [4.69, 9.17) is 10.5 Å². The molecule has 0 saturated heterocycles. The van der Waals surface area contributed by atoms with Crippen LogP contribution in [0.3, 0.4) is 0 Å². The van der Waals surface area contributed by atoms with Crippen LogP contribution >= 0.6 is 0 Å². The summed E-state index contributed by atoms with van der Waals surface area (Å²) in [5, 5.41) is 0.520. The molecule has 7 nitrogen and oxygen atoms in total. The number of nitrogen functional groups attached to an aromatic ring is 1. The predicted octanol–water partition coefficient (Wildman–Crippen LogP) is 2.64. The average Bonchev–Trinajstić information content (AvgIpc) is 2.67. The zero-order chi connectivity index (χ0) is 18.1. The quantitative estimate of drug-likeness (QED) is 0.591. The van der Waals surface area contributed by atoms with Gasteiger partial charge in [0.2, 0.25) is 5.95 Å². The maximum atomic E-state index is 12.3. The van der Waals surface area contributed by atoms with Crippen molar-refractivity contribution in [3.8, 4) is 28.5 Å². The van der Waals surface area contributed by atoms with Gasteiger partial charge in [-0.15, -0.1) is 0 Å². The maximum absolute atomic E-state index is 12.3. The third kappa shape index (κ3) is 2.86. The van der Waals surface area contributed by atoms with Gasteiger partial charge in [-0.3, -0.25) is 4.79 Å². The fraction of sp³-hybridized carbons (Fsp3) is 0.0526. The first-order valence-corrected chi connectivity index (χ1v) is 7.92. The highest BCUT2D eigenvalue weighted by Crippen LogP contribution is 2.25. The lowest BCUT2D eigenvalue weighted by molar-refractivity contribution is 0.415. The molecule has 2 heterocycles. The third-order valence-electron chi connectivity index (χ3n) is 3.96. The maximum Gasteiger partial charge on any atom is 0.259 e. The molecule has 0 spiro atoms. The highest BCUT2D eigenvalue weighted by Gasteiger charge is 2.11. The molecular formula is C19H15N5O2. The molecule has 26 heavy (non-hydrogen) atoms. The molecule has 4 aromatic rings. The van der Waals surface area contributed by atoms with Gasteiger partial charge < -0.3 is 15.5 Å². The van der Waals surface area contributed by atoms with Crippen LogP contribution in [-0.4, -0.2) is 27.0 Å². The van der Waals surface area contributed by atoms with Gasteiger partial charge in [-0.05, 0) is 30.3 Å². The van der Waals surface area contributed by atoms with E-state index < -0.39 is 0 Å². The third-order valence-corrected chi connectivity index (χ3v) is 3.96. The van der Waals surface area contributed by atoms with E-state index in [9.17, 15) is 4.79 Å². The minimum absolute atomic E-state index is 0.0936. The van der Waals surface area contributed by atoms with Crippen LogP contribution in [0.2, 0.25) is 0 Å². The molecule has 128 valence electrons. The van der Waals surface area contributed by atoms with Gasteiger partial charge >= 0.3 is 0 Å². The van der Waals surface area contributed by atoms with Crippen molar-refractivity contribution in [3.63, 3.8) is 0 Å². The summed E-state index contributed by atoms with van der Waals surface area (Å²) < 4.78 is 5.25. The number of benzene rings is 2. The Balaban J connectivity index is 1.88. The molecule has 0 aliphatic rings. The van der Waals surface area contributed by atoms with Crippen LogP contribution < -0.4 is 16.0 Å². The van der Waals surface area contributed by atoms with Gasteiger partial charge in [0, 0.05) is 5.56 Å². The van der Waals surface area contributed by atoms with Crippen molar-refractivity contribution in [2.45, 2.75) is 0 Å². The van der Waals surface area contributed by atoms with Crippen LogP contribution in [-0.2, 0) is 0 Å². The van der Waals surface area contributed by atoms with E-state index in [1.165, 1.54) is 0 Å². The summed E-state index contributed by atoms with van der Waals surface area (Å²) in [6, 6.07) is 16.3. The number of methoxy groups -OCH3 is 1. The van der Waals surface area contributed by atoms with E-state index >= 15 is 0 Å². The Bertz CT molecular complexity index is 1170. The van der Waals surface area contributed by atoms with Crippen LogP contribution in [0.4, 0.5) is 5.95 Å². The number of nitrogens with zero attached hydrogens (tertiary/aromatic N) is 3. The molecule has 0 unspecified atom stereocenters. The summed E-state index contributed by atoms with van der Waals surface area (Å²) in [7, 11) is 1.60. The number of aromatic amines is 1. The van der Waals surface area contributed by atoms with Gasteiger partial charge in [0.25, 0.3) is 5.56 Å². The summed E-state index contributed by atoms with van der Waals surface area (Å²) in [5.41, 5.74) is 8.12. The molecule has 0 fully saturated rings. The van der Waals surface area contributed by atoms with Crippen LogP contribution in [0, 0.1) is 0 Å². The molecule has 4 rings (SSSR count). The van der Waals surface area contributed by atoms with Gasteiger partial charge in [0.05, 0.1) is 23.7 Å². The highest BCUT2D eigenvalue weighted by molar-refractivity contribution is 5.79. The largest absolute Gasteiger partial charge is 0.497 e. The zero-order valence-corrected chi connectivity index (χ0v) is 13.9. The number of ether oxygens (including phenoxy) is 1. The fourth-order valence-electron chi connectivity index (χ4n) is 2.73. The van der Waals surface area contributed by atoms with E-state index in [0.717, 1.165) is 5.56 Å². The van der Waals surface area contributed by atoms with Crippen molar-refractivity contribution < 1.29 is 4.74 Å². The second kappa shape index (κ2) is 6.29. The van der Waals surface area contributed by atoms with E-state index in [1.807, 2.05) is 30.3 Å². The Kier molecular flexibility index (Phi) is 3.81. The minimum atomic E-state index is -0.231. The van der Waals surface area contributed by atoms with Crippen LogP contribution in [0.25, 0.3) is 33.7 Å². The highest BCUT2D eigenvalue weighted by atomic mass is 16.5. The minimum Gasteiger partial charge on any atom is -0.497 e. The summed E-state index contributed by atoms with van der Waals surface area (Å²) in [4.78, 5) is 28.1. The topological polar surface area (TPSA) is 107 Å². The number of aromatic nitrogens is 4. The molecule has 3 N–H and O–H groups in total. The molecule has 0 radical (unpaired) electrons. The smallest absolute Gasteiger partial charge is 0.259 e. The van der Waals surface area contributed by atoms with Crippen molar-refractivity contribution in [2.24, 2.45) is 0 Å². The van der Waals surface area contributed by atoms with Gasteiger partial charge in [-0.1, -0.05) is 24.3 Å². The fourth-order valence-corrected chi connectivity index (χ4v) is 2.73. The number of rotatable bonds is 3. The van der Waals surface area contributed by atoms with Gasteiger partial charge in [-0.2, -0.15) is 0 Å². The van der Waals surface area contributed by atoms with Crippen molar-refractivity contribution in [1.29, 1.82) is 0 Å². The molecule has 2 aromatic carbocycles. The van der Waals surface area contributed by atoms with Crippen LogP contribution in [0.5, 0.6) is 5.75 Å². The van der Waals surface area contributed by atoms with Crippen molar-refractivity contribution in [1.82, 2.24) is 19.9 Å². The Morgan fingerprint density at radius 1 is 0.962 bits per heavy atom. The number of fused-ring (bicyclic) bond motifs is 1. The number of hydrogen-bond acceptors (Lipinski definition) is 6. The molecule has 0 amide bonds. The average molecular weight is 345 g/mol. The Morgan fingerprint density at radius 3 is 2.62 bits per heavy atom. The second-order valence-electron chi connectivity index (χ2n) is 5.66. The predicted molar refractivity (Wildman–Crippen MR) is 99.8 cm³/mol. The molecule has 2 aromatic heterocycles. The zero-order valence-electron chi connectivity index (χ0n) is 13.9. The number of nitrogens with two attached hydrogens (primary N) is 1. The summed E-state index contributed by atoms with van der Waals surface area (Å²) in [6.07, 6.45) is 0. The molecule has 0 aliphatic heterocycles. The Labute approximate surface area is 148 Å². The molecule has 7 heteroatoms. The molecular weight excluding hydrogens is 330 g/mol. The van der Waals surface area contributed by atoms with Gasteiger partial charge in [0.15, 0.2) is 5.82 Å². The lowest BCUT2D eigenvalue weighted by Gasteiger charge is -2.08. The number of H-pyrrole nitrogens is 1. The second-order valence-corrected chi connectivity index (χ2v) is 5.66. The number of hydrogen-bond donors (Lipinski definition) is 2. The molecule has 0 atom stereocenters. The number of para-hydroxylation sites is 1. The van der Waals surface area contributed by atoms with E-state index in [-0.39, 0.29) is 11.5 Å². The molecule has 0 saturated carbocycles. The van der Waals surface area contributed by atoms with E-state index in [1.54, 1.807) is 31.4 Å².